The first kappa shape index (κ1) is 12.5. The molecule has 0 radical (unpaired) electrons. The standard InChI is InChI=1S/C13H13N3OS/c1-3-11-10(8-16(2)15-11)13(17)9(7-14)12-5-4-6-18-12/h4-6,8-9H,3H2,1-2H3. The molecule has 0 spiro atoms. The van der Waals surface area contributed by atoms with Crippen LogP contribution in [0.25, 0.3) is 0 Å². The van der Waals surface area contributed by atoms with Crippen LogP contribution >= 0.6 is 11.3 Å². The molecule has 0 saturated heterocycles. The summed E-state index contributed by atoms with van der Waals surface area (Å²) in [5.74, 6) is -0.885. The number of nitriles is 1. The molecule has 0 bridgehead atoms. The number of thiophene rings is 1. The highest BCUT2D eigenvalue weighted by atomic mass is 32.1. The highest BCUT2D eigenvalue weighted by Gasteiger charge is 2.26. The van der Waals surface area contributed by atoms with Crippen molar-refractivity contribution in [2.75, 3.05) is 0 Å². The van der Waals surface area contributed by atoms with Crippen molar-refractivity contribution >= 4 is 17.1 Å². The van der Waals surface area contributed by atoms with Crippen LogP contribution < -0.4 is 0 Å². The van der Waals surface area contributed by atoms with Gasteiger partial charge < -0.3 is 0 Å². The molecule has 92 valence electrons. The minimum absolute atomic E-state index is 0.162. The van der Waals surface area contributed by atoms with E-state index in [1.807, 2.05) is 24.4 Å². The Kier molecular flexibility index (Phi) is 3.58. The van der Waals surface area contributed by atoms with Crippen molar-refractivity contribution in [1.29, 1.82) is 5.26 Å². The molecular weight excluding hydrogens is 246 g/mol. The number of aryl methyl sites for hydroxylation is 2. The monoisotopic (exact) mass is 259 g/mol. The minimum atomic E-state index is -0.723. The van der Waals surface area contributed by atoms with E-state index in [1.54, 1.807) is 17.9 Å². The van der Waals surface area contributed by atoms with E-state index in [1.165, 1.54) is 11.3 Å². The first-order valence-corrected chi connectivity index (χ1v) is 6.55. The van der Waals surface area contributed by atoms with Gasteiger partial charge in [0.25, 0.3) is 0 Å². The third-order valence-electron chi connectivity index (χ3n) is 2.72. The van der Waals surface area contributed by atoms with Gasteiger partial charge in [-0.3, -0.25) is 9.48 Å². The van der Waals surface area contributed by atoms with Crippen LogP contribution in [0.15, 0.2) is 23.7 Å². The Hall–Kier alpha value is -1.93. The third kappa shape index (κ3) is 2.20. The molecule has 2 aromatic heterocycles. The van der Waals surface area contributed by atoms with Crippen molar-refractivity contribution in [1.82, 2.24) is 9.78 Å². The van der Waals surface area contributed by atoms with E-state index in [2.05, 4.69) is 11.2 Å². The van der Waals surface area contributed by atoms with Gasteiger partial charge in [-0.15, -0.1) is 11.3 Å². The van der Waals surface area contributed by atoms with Crippen LogP contribution in [0.2, 0.25) is 0 Å². The van der Waals surface area contributed by atoms with Crippen molar-refractivity contribution in [2.24, 2.45) is 7.05 Å². The van der Waals surface area contributed by atoms with Crippen LogP contribution in [-0.4, -0.2) is 15.6 Å². The van der Waals surface area contributed by atoms with Crippen molar-refractivity contribution in [3.63, 3.8) is 0 Å². The molecule has 0 aliphatic carbocycles. The molecule has 2 heterocycles. The summed E-state index contributed by atoms with van der Waals surface area (Å²) in [5, 5.41) is 15.3. The smallest absolute Gasteiger partial charge is 0.188 e. The van der Waals surface area contributed by atoms with Crippen LogP contribution in [0.3, 0.4) is 0 Å². The maximum Gasteiger partial charge on any atom is 0.188 e. The maximum absolute atomic E-state index is 12.4. The lowest BCUT2D eigenvalue weighted by molar-refractivity contribution is 0.0979. The number of nitrogens with zero attached hydrogens (tertiary/aromatic N) is 3. The number of ketones is 1. The van der Waals surface area contributed by atoms with Crippen molar-refractivity contribution in [3.05, 3.63) is 39.8 Å². The van der Waals surface area contributed by atoms with Crippen LogP contribution in [0.4, 0.5) is 0 Å². The largest absolute Gasteiger partial charge is 0.292 e. The SMILES string of the molecule is CCc1nn(C)cc1C(=O)C(C#N)c1cccs1. The van der Waals surface area contributed by atoms with Gasteiger partial charge in [0, 0.05) is 18.1 Å². The number of hydrogen-bond donors (Lipinski definition) is 0. The zero-order valence-corrected chi connectivity index (χ0v) is 11.1. The maximum atomic E-state index is 12.4. The predicted octanol–water partition coefficient (Wildman–Crippen LogP) is 2.53. The van der Waals surface area contributed by atoms with Gasteiger partial charge in [-0.2, -0.15) is 10.4 Å². The van der Waals surface area contributed by atoms with Crippen molar-refractivity contribution in [3.8, 4) is 6.07 Å². The van der Waals surface area contributed by atoms with Crippen LogP contribution in [0, 0.1) is 11.3 Å². The molecule has 1 atom stereocenters. The van der Waals surface area contributed by atoms with E-state index in [0.717, 1.165) is 10.6 Å². The first-order chi connectivity index (χ1) is 8.67. The second kappa shape index (κ2) is 5.15. The molecule has 1 unspecified atom stereocenters. The first-order valence-electron chi connectivity index (χ1n) is 5.67. The molecule has 0 aliphatic rings. The van der Waals surface area contributed by atoms with Gasteiger partial charge in [0.05, 0.1) is 17.3 Å². The van der Waals surface area contributed by atoms with E-state index >= 15 is 0 Å². The summed E-state index contributed by atoms with van der Waals surface area (Å²) in [4.78, 5) is 13.2. The molecule has 4 nitrogen and oxygen atoms in total. The molecule has 0 N–H and O–H groups in total. The van der Waals surface area contributed by atoms with Gasteiger partial charge in [-0.05, 0) is 17.9 Å². The molecule has 2 aromatic rings. The van der Waals surface area contributed by atoms with E-state index < -0.39 is 5.92 Å². The summed E-state index contributed by atoms with van der Waals surface area (Å²) in [6, 6.07) is 5.75. The molecule has 0 aliphatic heterocycles. The van der Waals surface area contributed by atoms with Gasteiger partial charge in [-0.25, -0.2) is 0 Å². The zero-order valence-electron chi connectivity index (χ0n) is 10.3. The Morgan fingerprint density at radius 3 is 3.00 bits per heavy atom. The lowest BCUT2D eigenvalue weighted by Gasteiger charge is -2.05. The van der Waals surface area contributed by atoms with Crippen LogP contribution in [0.5, 0.6) is 0 Å². The normalized spacial score (nSPS) is 12.1. The zero-order chi connectivity index (χ0) is 13.1. The fraction of sp³-hybridized carbons (Fsp3) is 0.308. The fourth-order valence-corrected chi connectivity index (χ4v) is 2.63. The number of hydrogen-bond acceptors (Lipinski definition) is 4. The lowest BCUT2D eigenvalue weighted by atomic mass is 9.97. The van der Waals surface area contributed by atoms with E-state index in [0.29, 0.717) is 12.0 Å². The minimum Gasteiger partial charge on any atom is -0.292 e. The molecule has 0 fully saturated rings. The van der Waals surface area contributed by atoms with Gasteiger partial charge in [0.15, 0.2) is 5.78 Å². The van der Waals surface area contributed by atoms with Crippen molar-refractivity contribution in [2.45, 2.75) is 19.3 Å². The highest BCUT2D eigenvalue weighted by Crippen LogP contribution is 2.25. The predicted molar refractivity (Wildman–Crippen MR) is 69.6 cm³/mol. The Morgan fingerprint density at radius 2 is 2.44 bits per heavy atom. The average molecular weight is 259 g/mol. The van der Waals surface area contributed by atoms with Crippen LogP contribution in [0.1, 0.15) is 33.8 Å². The Morgan fingerprint density at radius 1 is 1.67 bits per heavy atom. The van der Waals surface area contributed by atoms with E-state index in [9.17, 15) is 10.1 Å². The Labute approximate surface area is 109 Å². The summed E-state index contributed by atoms with van der Waals surface area (Å²) >= 11 is 1.43. The Balaban J connectivity index is 2.38. The van der Waals surface area contributed by atoms with E-state index in [4.69, 9.17) is 0 Å². The number of Topliss-reactive ketones (excluding diaryl/α,β-unsaturated/α-hetero) is 1. The summed E-state index contributed by atoms with van der Waals surface area (Å²) in [6.45, 7) is 1.95. The molecule has 5 heteroatoms. The molecule has 0 aromatic carbocycles. The number of rotatable bonds is 4. The number of carbonyl (C=O) groups is 1. The molecule has 2 rings (SSSR count). The quantitative estimate of drug-likeness (QED) is 0.793. The van der Waals surface area contributed by atoms with Crippen molar-refractivity contribution < 1.29 is 4.79 Å². The van der Waals surface area contributed by atoms with Gasteiger partial charge in [-0.1, -0.05) is 13.0 Å². The second-order valence-corrected chi connectivity index (χ2v) is 4.94. The van der Waals surface area contributed by atoms with Gasteiger partial charge in [0.1, 0.15) is 5.92 Å². The molecule has 0 amide bonds. The number of aromatic nitrogens is 2. The summed E-state index contributed by atoms with van der Waals surface area (Å²) in [6.07, 6.45) is 2.38. The Bertz CT molecular complexity index is 592. The molecular formula is C13H13N3OS. The molecule has 0 saturated carbocycles. The van der Waals surface area contributed by atoms with E-state index in [-0.39, 0.29) is 5.78 Å². The summed E-state index contributed by atoms with van der Waals surface area (Å²) < 4.78 is 1.62. The van der Waals surface area contributed by atoms with Gasteiger partial charge in [0.2, 0.25) is 0 Å². The average Bonchev–Trinajstić information content (AvgIpc) is 2.99. The van der Waals surface area contributed by atoms with Gasteiger partial charge >= 0.3 is 0 Å². The number of carbonyl (C=O) groups excluding carboxylic acids is 1. The summed E-state index contributed by atoms with van der Waals surface area (Å²) in [5.41, 5.74) is 1.30. The molecule has 18 heavy (non-hydrogen) atoms. The third-order valence-corrected chi connectivity index (χ3v) is 3.66. The summed E-state index contributed by atoms with van der Waals surface area (Å²) in [7, 11) is 1.78. The van der Waals surface area contributed by atoms with Crippen LogP contribution in [-0.2, 0) is 13.5 Å². The topological polar surface area (TPSA) is 58.7 Å². The lowest BCUT2D eigenvalue weighted by Crippen LogP contribution is -2.11. The highest BCUT2D eigenvalue weighted by molar-refractivity contribution is 7.10. The fourth-order valence-electron chi connectivity index (χ4n) is 1.86. The second-order valence-electron chi connectivity index (χ2n) is 3.96.